The molecule has 20 heavy (non-hydrogen) atoms. The van der Waals surface area contributed by atoms with Crippen LogP contribution in [0.15, 0.2) is 24.3 Å². The van der Waals surface area contributed by atoms with Crippen LogP contribution in [0.2, 0.25) is 0 Å². The molecule has 0 aromatic heterocycles. The van der Waals surface area contributed by atoms with Gasteiger partial charge < -0.3 is 10.1 Å². The zero-order chi connectivity index (χ0) is 15.1. The summed E-state index contributed by atoms with van der Waals surface area (Å²) >= 11 is 0. The topological polar surface area (TPSA) is 81.5 Å². The number of carbonyl (C=O) groups is 1. The molecule has 1 aromatic carbocycles. The molecule has 1 N–H and O–H groups in total. The van der Waals surface area contributed by atoms with Crippen molar-refractivity contribution in [3.63, 3.8) is 0 Å². The molecule has 1 rings (SSSR count). The number of hydrogen-bond donors (Lipinski definition) is 1. The van der Waals surface area contributed by atoms with Crippen molar-refractivity contribution in [2.24, 2.45) is 5.92 Å². The number of esters is 1. The number of hydrogen-bond acceptors (Lipinski definition) is 5. The first-order valence-corrected chi connectivity index (χ1v) is 6.60. The summed E-state index contributed by atoms with van der Waals surface area (Å²) in [6.07, 6.45) is 0.266. The van der Waals surface area contributed by atoms with Gasteiger partial charge in [0.25, 0.3) is 5.69 Å². The highest BCUT2D eigenvalue weighted by Gasteiger charge is 2.18. The van der Waals surface area contributed by atoms with Gasteiger partial charge in [0.15, 0.2) is 0 Å². The minimum atomic E-state index is -0.442. The van der Waals surface area contributed by atoms with Crippen molar-refractivity contribution in [1.29, 1.82) is 0 Å². The van der Waals surface area contributed by atoms with Crippen LogP contribution in [0.25, 0.3) is 0 Å². The lowest BCUT2D eigenvalue weighted by Crippen LogP contribution is -2.29. The average Bonchev–Trinajstić information content (AvgIpc) is 2.38. The molecule has 0 saturated carbocycles. The molecule has 0 aliphatic carbocycles. The van der Waals surface area contributed by atoms with Gasteiger partial charge in [0.2, 0.25) is 0 Å². The van der Waals surface area contributed by atoms with Crippen LogP contribution in [0.1, 0.15) is 27.2 Å². The summed E-state index contributed by atoms with van der Waals surface area (Å²) in [6.45, 7) is 6.14. The number of anilines is 1. The number of ether oxygens (including phenoxy) is 1. The van der Waals surface area contributed by atoms with Crippen LogP contribution in [0.4, 0.5) is 11.4 Å². The molecule has 0 radical (unpaired) electrons. The summed E-state index contributed by atoms with van der Waals surface area (Å²) in [5.74, 6) is -0.0183. The van der Waals surface area contributed by atoms with Crippen LogP contribution >= 0.6 is 0 Å². The fourth-order valence-corrected chi connectivity index (χ4v) is 1.75. The van der Waals surface area contributed by atoms with Gasteiger partial charge in [-0.05, 0) is 25.0 Å². The Morgan fingerprint density at radius 3 is 2.40 bits per heavy atom. The van der Waals surface area contributed by atoms with E-state index in [2.05, 4.69) is 5.32 Å². The van der Waals surface area contributed by atoms with E-state index in [-0.39, 0.29) is 30.0 Å². The van der Waals surface area contributed by atoms with Gasteiger partial charge in [-0.3, -0.25) is 14.9 Å². The van der Waals surface area contributed by atoms with E-state index in [1.807, 2.05) is 13.8 Å². The Balaban J connectivity index is 2.70. The van der Waals surface area contributed by atoms with Gasteiger partial charge in [0.1, 0.15) is 0 Å². The summed E-state index contributed by atoms with van der Waals surface area (Å²) in [5.41, 5.74) is 0.792. The van der Waals surface area contributed by atoms with Crippen LogP contribution in [0.3, 0.4) is 0 Å². The molecular formula is C14H20N2O4. The minimum absolute atomic E-state index is 0.0436. The van der Waals surface area contributed by atoms with Crippen molar-refractivity contribution in [2.75, 3.05) is 11.9 Å². The smallest absolute Gasteiger partial charge is 0.307 e. The van der Waals surface area contributed by atoms with Crippen molar-refractivity contribution in [3.8, 4) is 0 Å². The zero-order valence-electron chi connectivity index (χ0n) is 12.0. The molecule has 0 spiro atoms. The maximum atomic E-state index is 11.5. The summed E-state index contributed by atoms with van der Waals surface area (Å²) in [5, 5.41) is 13.8. The van der Waals surface area contributed by atoms with Crippen molar-refractivity contribution in [1.82, 2.24) is 0 Å². The van der Waals surface area contributed by atoms with Gasteiger partial charge in [-0.15, -0.1) is 0 Å². The van der Waals surface area contributed by atoms with Crippen molar-refractivity contribution in [2.45, 2.75) is 33.2 Å². The van der Waals surface area contributed by atoms with E-state index < -0.39 is 4.92 Å². The predicted molar refractivity (Wildman–Crippen MR) is 76.6 cm³/mol. The third-order valence-corrected chi connectivity index (χ3v) is 2.93. The van der Waals surface area contributed by atoms with Crippen molar-refractivity contribution >= 4 is 17.3 Å². The highest BCUT2D eigenvalue weighted by atomic mass is 16.6. The van der Waals surface area contributed by atoms with Crippen LogP contribution in [-0.4, -0.2) is 23.5 Å². The Bertz CT molecular complexity index is 457. The van der Waals surface area contributed by atoms with Gasteiger partial charge in [-0.25, -0.2) is 0 Å². The maximum absolute atomic E-state index is 11.5. The lowest BCUT2D eigenvalue weighted by atomic mass is 10.0. The van der Waals surface area contributed by atoms with Crippen molar-refractivity contribution < 1.29 is 14.5 Å². The molecule has 0 heterocycles. The molecule has 0 amide bonds. The normalized spacial score (nSPS) is 12.0. The monoisotopic (exact) mass is 280 g/mol. The van der Waals surface area contributed by atoms with E-state index >= 15 is 0 Å². The first-order valence-electron chi connectivity index (χ1n) is 6.60. The van der Waals surface area contributed by atoms with E-state index in [1.54, 1.807) is 19.1 Å². The van der Waals surface area contributed by atoms with E-state index in [1.165, 1.54) is 12.1 Å². The molecule has 0 bridgehead atoms. The third-order valence-electron chi connectivity index (χ3n) is 2.93. The molecule has 6 heteroatoms. The van der Waals surface area contributed by atoms with Crippen LogP contribution < -0.4 is 5.32 Å². The summed E-state index contributed by atoms with van der Waals surface area (Å²) in [6, 6.07) is 6.07. The van der Waals surface area contributed by atoms with E-state index in [9.17, 15) is 14.9 Å². The number of rotatable bonds is 7. The van der Waals surface area contributed by atoms with Crippen molar-refractivity contribution in [3.05, 3.63) is 34.4 Å². The molecule has 0 unspecified atom stereocenters. The Labute approximate surface area is 118 Å². The number of benzene rings is 1. The van der Waals surface area contributed by atoms with E-state index in [0.29, 0.717) is 6.61 Å². The molecule has 0 aliphatic heterocycles. The van der Waals surface area contributed by atoms with Gasteiger partial charge in [0.05, 0.1) is 18.0 Å². The van der Waals surface area contributed by atoms with E-state index in [4.69, 9.17) is 4.74 Å². The number of nitrogens with zero attached hydrogens (tertiary/aromatic N) is 1. The number of nitro groups is 1. The molecular weight excluding hydrogens is 260 g/mol. The number of nitrogens with one attached hydrogen (secondary N) is 1. The fraction of sp³-hybridized carbons (Fsp3) is 0.500. The number of carbonyl (C=O) groups excluding carboxylic acids is 1. The lowest BCUT2D eigenvalue weighted by Gasteiger charge is -2.22. The Morgan fingerprint density at radius 1 is 1.35 bits per heavy atom. The number of non-ortho nitro benzene ring substituents is 1. The molecule has 1 atom stereocenters. The molecule has 6 nitrogen and oxygen atoms in total. The van der Waals surface area contributed by atoms with Gasteiger partial charge in [-0.2, -0.15) is 0 Å². The highest BCUT2D eigenvalue weighted by Crippen LogP contribution is 2.19. The summed E-state index contributed by atoms with van der Waals surface area (Å²) < 4.78 is 4.94. The third kappa shape index (κ3) is 4.87. The minimum Gasteiger partial charge on any atom is -0.466 e. The second-order valence-electron chi connectivity index (χ2n) is 4.81. The number of nitro benzene ring substituents is 1. The van der Waals surface area contributed by atoms with Crippen LogP contribution in [0, 0.1) is 16.0 Å². The average molecular weight is 280 g/mol. The van der Waals surface area contributed by atoms with Gasteiger partial charge >= 0.3 is 5.97 Å². The standard InChI is InChI=1S/C14H20N2O4/c1-4-20-14(17)9-13(10(2)3)15-11-5-7-12(8-6-11)16(18)19/h5-8,10,13,15H,4,9H2,1-3H3/t13-/m0/s1. The SMILES string of the molecule is CCOC(=O)C[C@H](Nc1ccc([N+](=O)[O-])cc1)C(C)C. The first kappa shape index (κ1) is 15.9. The molecule has 0 saturated heterocycles. The second-order valence-corrected chi connectivity index (χ2v) is 4.81. The van der Waals surface area contributed by atoms with Crippen LogP contribution in [0.5, 0.6) is 0 Å². The fourth-order valence-electron chi connectivity index (χ4n) is 1.75. The second kappa shape index (κ2) is 7.47. The molecule has 1 aromatic rings. The quantitative estimate of drug-likeness (QED) is 0.471. The summed E-state index contributed by atoms with van der Waals surface area (Å²) in [4.78, 5) is 21.7. The summed E-state index contributed by atoms with van der Waals surface area (Å²) in [7, 11) is 0. The van der Waals surface area contributed by atoms with Crippen LogP contribution in [-0.2, 0) is 9.53 Å². The largest absolute Gasteiger partial charge is 0.466 e. The first-order chi connectivity index (χ1) is 9.43. The highest BCUT2D eigenvalue weighted by molar-refractivity contribution is 5.71. The molecule has 0 aliphatic rings. The Kier molecular flexibility index (Phi) is 5.96. The lowest BCUT2D eigenvalue weighted by molar-refractivity contribution is -0.384. The van der Waals surface area contributed by atoms with Gasteiger partial charge in [-0.1, -0.05) is 13.8 Å². The molecule has 110 valence electrons. The Morgan fingerprint density at radius 2 is 1.95 bits per heavy atom. The Hall–Kier alpha value is -2.11. The molecule has 0 fully saturated rings. The predicted octanol–water partition coefficient (Wildman–Crippen LogP) is 2.98. The van der Waals surface area contributed by atoms with Gasteiger partial charge in [0, 0.05) is 23.9 Å². The maximum Gasteiger partial charge on any atom is 0.307 e. The zero-order valence-corrected chi connectivity index (χ0v) is 12.0. The van der Waals surface area contributed by atoms with E-state index in [0.717, 1.165) is 5.69 Å².